The molecular weight excluding hydrogens is 629 g/mol. The molecule has 2 aliphatic heterocycles. The van der Waals surface area contributed by atoms with E-state index >= 15 is 0 Å². The second-order valence-electron chi connectivity index (χ2n) is 12.3. The third-order valence-corrected chi connectivity index (χ3v) is 9.40. The molecule has 13 heteroatoms. The van der Waals surface area contributed by atoms with Gasteiger partial charge in [0.05, 0.1) is 56.0 Å². The summed E-state index contributed by atoms with van der Waals surface area (Å²) in [6.45, 7) is 7.27. The molecular formula is C36H42FN7O5. The van der Waals surface area contributed by atoms with Crippen molar-refractivity contribution < 1.29 is 23.5 Å². The Balaban J connectivity index is 1.39. The molecule has 6 rings (SSSR count). The van der Waals surface area contributed by atoms with Gasteiger partial charge in [0.15, 0.2) is 5.82 Å². The Bertz CT molecular complexity index is 1870. The van der Waals surface area contributed by atoms with Crippen LogP contribution in [0, 0.1) is 5.82 Å². The first-order valence-corrected chi connectivity index (χ1v) is 16.6. The molecule has 1 aromatic heterocycles. The number of para-hydroxylation sites is 1. The molecule has 3 heterocycles. The molecule has 3 aromatic carbocycles. The zero-order chi connectivity index (χ0) is 34.7. The first-order valence-electron chi connectivity index (χ1n) is 16.6. The number of nitrogens with one attached hydrogen (secondary N) is 1. The van der Waals surface area contributed by atoms with Crippen LogP contribution in [0.3, 0.4) is 0 Å². The van der Waals surface area contributed by atoms with Gasteiger partial charge in [0.1, 0.15) is 17.3 Å². The molecule has 1 N–H and O–H groups in total. The average molecular weight is 672 g/mol. The van der Waals surface area contributed by atoms with Crippen LogP contribution >= 0.6 is 0 Å². The van der Waals surface area contributed by atoms with Gasteiger partial charge in [-0.25, -0.2) is 18.8 Å². The molecule has 0 radical (unpaired) electrons. The third-order valence-electron chi connectivity index (χ3n) is 9.40. The fraction of sp³-hybridized carbons (Fsp3) is 0.389. The minimum Gasteiger partial charge on any atom is -0.497 e. The van der Waals surface area contributed by atoms with Crippen molar-refractivity contribution in [2.24, 2.45) is 0 Å². The van der Waals surface area contributed by atoms with Crippen LogP contribution in [0.4, 0.5) is 20.6 Å². The molecule has 4 aromatic rings. The van der Waals surface area contributed by atoms with Gasteiger partial charge < -0.3 is 24.7 Å². The number of methoxy groups -OCH3 is 2. The van der Waals surface area contributed by atoms with E-state index in [1.807, 2.05) is 22.9 Å². The van der Waals surface area contributed by atoms with E-state index in [-0.39, 0.29) is 17.5 Å². The number of carbonyl (C=O) groups excluding carboxylic acids is 2. The Kier molecular flexibility index (Phi) is 10.00. The maximum Gasteiger partial charge on any atom is 0.327 e. The molecule has 12 nitrogen and oxygen atoms in total. The maximum atomic E-state index is 14.3. The van der Waals surface area contributed by atoms with E-state index < -0.39 is 17.9 Å². The summed E-state index contributed by atoms with van der Waals surface area (Å²) in [6.07, 6.45) is 2.21. The number of aromatic nitrogens is 2. The van der Waals surface area contributed by atoms with Crippen molar-refractivity contribution in [1.29, 1.82) is 0 Å². The molecule has 2 saturated heterocycles. The fourth-order valence-corrected chi connectivity index (χ4v) is 6.66. The average Bonchev–Trinajstić information content (AvgIpc) is 3.67. The fourth-order valence-electron chi connectivity index (χ4n) is 6.66. The van der Waals surface area contributed by atoms with Gasteiger partial charge in [0.2, 0.25) is 5.91 Å². The number of benzene rings is 3. The quantitative estimate of drug-likeness (QED) is 0.275. The number of likely N-dealkylation sites (tertiary alicyclic amines) is 1. The highest BCUT2D eigenvalue weighted by atomic mass is 19.1. The minimum atomic E-state index is -0.824. The zero-order valence-corrected chi connectivity index (χ0v) is 28.3. The lowest BCUT2D eigenvalue weighted by atomic mass is 10.1. The van der Waals surface area contributed by atoms with Crippen LogP contribution in [0.5, 0.6) is 11.5 Å². The molecule has 0 spiro atoms. The summed E-state index contributed by atoms with van der Waals surface area (Å²) in [6, 6.07) is 16.1. The van der Waals surface area contributed by atoms with Crippen molar-refractivity contribution in [2.75, 3.05) is 68.7 Å². The molecule has 0 bridgehead atoms. The Morgan fingerprint density at radius 2 is 1.59 bits per heavy atom. The van der Waals surface area contributed by atoms with Crippen molar-refractivity contribution in [2.45, 2.75) is 38.8 Å². The summed E-state index contributed by atoms with van der Waals surface area (Å²) >= 11 is 0. The molecule has 0 saturated carbocycles. The third kappa shape index (κ3) is 6.89. The Hall–Kier alpha value is -5.17. The van der Waals surface area contributed by atoms with Crippen molar-refractivity contribution in [3.63, 3.8) is 0 Å². The van der Waals surface area contributed by atoms with E-state index in [1.54, 1.807) is 48.0 Å². The largest absolute Gasteiger partial charge is 0.497 e. The van der Waals surface area contributed by atoms with Crippen LogP contribution in [0.1, 0.15) is 38.6 Å². The van der Waals surface area contributed by atoms with Gasteiger partial charge in [-0.05, 0) is 88.3 Å². The highest BCUT2D eigenvalue weighted by Crippen LogP contribution is 2.37. The minimum absolute atomic E-state index is 0.0920. The van der Waals surface area contributed by atoms with Gasteiger partial charge in [-0.3, -0.25) is 19.4 Å². The van der Waals surface area contributed by atoms with Crippen LogP contribution in [-0.4, -0.2) is 90.9 Å². The highest BCUT2D eigenvalue weighted by Gasteiger charge is 2.34. The first kappa shape index (κ1) is 33.7. The highest BCUT2D eigenvalue weighted by molar-refractivity contribution is 6.03. The van der Waals surface area contributed by atoms with Gasteiger partial charge in [-0.1, -0.05) is 12.1 Å². The number of rotatable bonds is 9. The summed E-state index contributed by atoms with van der Waals surface area (Å²) in [5.74, 6) is 0.862. The number of hydrogen-bond donors (Lipinski definition) is 1. The van der Waals surface area contributed by atoms with Crippen LogP contribution in [0.15, 0.2) is 71.5 Å². The van der Waals surface area contributed by atoms with Crippen molar-refractivity contribution in [3.05, 3.63) is 88.7 Å². The van der Waals surface area contributed by atoms with Crippen molar-refractivity contribution in [3.8, 4) is 11.5 Å². The van der Waals surface area contributed by atoms with Gasteiger partial charge in [0, 0.05) is 24.8 Å². The number of halogens is 1. The lowest BCUT2D eigenvalue weighted by Gasteiger charge is -2.40. The van der Waals surface area contributed by atoms with Crippen molar-refractivity contribution in [1.82, 2.24) is 19.5 Å². The normalized spacial score (nSPS) is 16.3. The number of anilines is 2. The van der Waals surface area contributed by atoms with Gasteiger partial charge in [-0.15, -0.1) is 0 Å². The molecule has 2 aliphatic rings. The molecule has 1 unspecified atom stereocenters. The zero-order valence-electron chi connectivity index (χ0n) is 28.3. The Morgan fingerprint density at radius 1 is 0.898 bits per heavy atom. The number of hydrogen-bond acceptors (Lipinski definition) is 8. The lowest BCUT2D eigenvalue weighted by molar-refractivity contribution is -0.136. The number of piperazine rings is 1. The van der Waals surface area contributed by atoms with E-state index in [2.05, 4.69) is 10.2 Å². The molecule has 2 fully saturated rings. The predicted octanol–water partition coefficient (Wildman–Crippen LogP) is 4.62. The second kappa shape index (κ2) is 14.5. The molecule has 258 valence electrons. The van der Waals surface area contributed by atoms with E-state index in [9.17, 15) is 18.8 Å². The van der Waals surface area contributed by atoms with Crippen molar-refractivity contribution >= 4 is 34.2 Å². The number of nitrogens with zero attached hydrogens (tertiary/aromatic N) is 6. The van der Waals surface area contributed by atoms with E-state index in [4.69, 9.17) is 14.5 Å². The van der Waals surface area contributed by atoms with Crippen LogP contribution in [0.2, 0.25) is 0 Å². The predicted molar refractivity (Wildman–Crippen MR) is 187 cm³/mol. The summed E-state index contributed by atoms with van der Waals surface area (Å²) in [5.41, 5.74) is 0.984. The number of amides is 3. The van der Waals surface area contributed by atoms with Crippen LogP contribution < -0.4 is 30.3 Å². The van der Waals surface area contributed by atoms with Crippen LogP contribution in [0.25, 0.3) is 10.9 Å². The van der Waals surface area contributed by atoms with E-state index in [0.717, 1.165) is 25.9 Å². The number of carbonyl (C=O) groups is 2. The molecule has 3 amide bonds. The van der Waals surface area contributed by atoms with Gasteiger partial charge in [-0.2, -0.15) is 0 Å². The standard InChI is InChI=1S/C36H42FN7O5/c1-24(43(31-16-15-28(48-3)23-32(31)49-4)36(47)38-27-13-11-26(37)12-14-27)33-39-30-10-6-5-9-29(30)35(46)44(33)42-21-19-41(20-22-42)34(45)25(2)40-17-7-8-18-40/h5-6,9-16,23-25H,7-8,17-22H2,1-4H3,(H,38,47)/t24?,25-/m0/s1. The van der Waals surface area contributed by atoms with Gasteiger partial charge in [0.25, 0.3) is 5.56 Å². The molecule has 2 atom stereocenters. The SMILES string of the molecule is COc1ccc(N(C(=O)Nc2ccc(F)cc2)C(C)c2nc3ccccc3c(=O)n2N2CCN(C(=O)[C@H](C)N3CCCC3)CC2)c(OC)c1. The number of ether oxygens (including phenoxy) is 2. The van der Waals surface area contributed by atoms with Gasteiger partial charge >= 0.3 is 6.03 Å². The van der Waals surface area contributed by atoms with E-state index in [1.165, 1.54) is 43.4 Å². The maximum absolute atomic E-state index is 14.3. The topological polar surface area (TPSA) is 112 Å². The number of urea groups is 1. The molecule has 49 heavy (non-hydrogen) atoms. The Labute approximate surface area is 284 Å². The summed E-state index contributed by atoms with van der Waals surface area (Å²) < 4.78 is 26.4. The first-order chi connectivity index (χ1) is 23.7. The smallest absolute Gasteiger partial charge is 0.327 e. The Morgan fingerprint density at radius 3 is 2.27 bits per heavy atom. The van der Waals surface area contributed by atoms with E-state index in [0.29, 0.717) is 65.8 Å². The summed E-state index contributed by atoms with van der Waals surface area (Å²) in [4.78, 5) is 52.5. The second-order valence-corrected chi connectivity index (χ2v) is 12.3. The lowest BCUT2D eigenvalue weighted by Crippen LogP contribution is -2.59. The molecule has 0 aliphatic carbocycles. The summed E-state index contributed by atoms with van der Waals surface area (Å²) in [7, 11) is 3.03. The monoisotopic (exact) mass is 671 g/mol. The van der Waals surface area contributed by atoms with Crippen LogP contribution in [-0.2, 0) is 4.79 Å². The number of fused-ring (bicyclic) bond motifs is 1. The summed E-state index contributed by atoms with van der Waals surface area (Å²) in [5, 5.41) is 5.19.